The lowest BCUT2D eigenvalue weighted by molar-refractivity contribution is -0.115. The predicted octanol–water partition coefficient (Wildman–Crippen LogP) is 2.75. The summed E-state index contributed by atoms with van der Waals surface area (Å²) >= 11 is 1.13. The molecule has 2 aromatic rings. The smallest absolute Gasteiger partial charge is 0.225 e. The minimum Gasteiger partial charge on any atom is -0.326 e. The van der Waals surface area contributed by atoms with Crippen molar-refractivity contribution >= 4 is 38.6 Å². The Morgan fingerprint density at radius 3 is 2.59 bits per heavy atom. The van der Waals surface area contributed by atoms with Gasteiger partial charge in [-0.1, -0.05) is 18.2 Å². The maximum Gasteiger partial charge on any atom is 0.225 e. The number of ketones is 1. The van der Waals surface area contributed by atoms with E-state index in [-0.39, 0.29) is 22.2 Å². The first-order valence-corrected chi connectivity index (χ1v) is 9.09. The van der Waals surface area contributed by atoms with Gasteiger partial charge in [-0.15, -0.1) is 11.3 Å². The zero-order chi connectivity index (χ0) is 16.2. The summed E-state index contributed by atoms with van der Waals surface area (Å²) in [6.07, 6.45) is -0.134. The van der Waals surface area contributed by atoms with Crippen LogP contribution in [0.15, 0.2) is 46.0 Å². The Morgan fingerprint density at radius 2 is 1.95 bits per heavy atom. The summed E-state index contributed by atoms with van der Waals surface area (Å²) in [4.78, 5) is 23.1. The number of benzene rings is 1. The molecule has 116 valence electrons. The summed E-state index contributed by atoms with van der Waals surface area (Å²) in [7, 11) is -3.42. The number of anilines is 1. The number of hydrogen-bond acceptors (Lipinski definition) is 5. The van der Waals surface area contributed by atoms with Gasteiger partial charge in [-0.05, 0) is 30.5 Å². The van der Waals surface area contributed by atoms with Crippen LogP contribution >= 0.6 is 11.3 Å². The van der Waals surface area contributed by atoms with Crippen molar-refractivity contribution < 1.29 is 18.0 Å². The highest BCUT2D eigenvalue weighted by molar-refractivity contribution is 7.93. The van der Waals surface area contributed by atoms with Crippen LogP contribution in [0.2, 0.25) is 0 Å². The van der Waals surface area contributed by atoms with E-state index in [0.717, 1.165) is 11.3 Å². The summed E-state index contributed by atoms with van der Waals surface area (Å²) in [6, 6.07) is 9.71. The van der Waals surface area contributed by atoms with Gasteiger partial charge in [-0.2, -0.15) is 0 Å². The molecule has 22 heavy (non-hydrogen) atoms. The lowest BCUT2D eigenvalue weighted by atomic mass is 10.1. The molecule has 0 aliphatic heterocycles. The molecule has 0 saturated carbocycles. The van der Waals surface area contributed by atoms with E-state index in [2.05, 4.69) is 5.32 Å². The highest BCUT2D eigenvalue weighted by Crippen LogP contribution is 2.18. The Morgan fingerprint density at radius 1 is 1.18 bits per heavy atom. The van der Waals surface area contributed by atoms with E-state index in [4.69, 9.17) is 0 Å². The van der Waals surface area contributed by atoms with Gasteiger partial charge in [-0.25, -0.2) is 8.42 Å². The first-order chi connectivity index (χ1) is 10.4. The molecule has 0 bridgehead atoms. The molecule has 0 aliphatic carbocycles. The molecule has 1 amide bonds. The molecule has 2 rings (SSSR count). The zero-order valence-electron chi connectivity index (χ0n) is 11.9. The van der Waals surface area contributed by atoms with Gasteiger partial charge in [0.25, 0.3) is 0 Å². The molecule has 0 aliphatic rings. The van der Waals surface area contributed by atoms with Gasteiger partial charge in [0.1, 0.15) is 4.21 Å². The van der Waals surface area contributed by atoms with Crippen molar-refractivity contribution in [2.75, 3.05) is 11.1 Å². The van der Waals surface area contributed by atoms with Gasteiger partial charge in [-0.3, -0.25) is 9.59 Å². The van der Waals surface area contributed by atoms with E-state index < -0.39 is 15.7 Å². The summed E-state index contributed by atoms with van der Waals surface area (Å²) in [5.74, 6) is -0.747. The quantitative estimate of drug-likeness (QED) is 0.822. The summed E-state index contributed by atoms with van der Waals surface area (Å²) in [5, 5.41) is 4.28. The van der Waals surface area contributed by atoms with Crippen LogP contribution in [0.4, 0.5) is 5.69 Å². The van der Waals surface area contributed by atoms with Crippen molar-refractivity contribution in [3.8, 4) is 0 Å². The molecule has 0 unspecified atom stereocenters. The Kier molecular flexibility index (Phi) is 5.10. The van der Waals surface area contributed by atoms with Gasteiger partial charge in [0.05, 0.1) is 5.75 Å². The third-order valence-corrected chi connectivity index (χ3v) is 6.16. The van der Waals surface area contributed by atoms with Gasteiger partial charge in [0.2, 0.25) is 5.91 Å². The molecule has 0 fully saturated rings. The molecule has 7 heteroatoms. The number of thiophene rings is 1. The van der Waals surface area contributed by atoms with Crippen molar-refractivity contribution in [1.82, 2.24) is 0 Å². The molecule has 1 heterocycles. The molecular weight excluding hydrogens is 322 g/mol. The fourth-order valence-corrected chi connectivity index (χ4v) is 4.20. The maximum absolute atomic E-state index is 12.0. The van der Waals surface area contributed by atoms with Gasteiger partial charge >= 0.3 is 0 Å². The second-order valence-corrected chi connectivity index (χ2v) is 7.97. The second-order valence-electron chi connectivity index (χ2n) is 4.69. The standard InChI is InChI=1S/C15H15NO4S2/c1-11(17)12-4-2-5-13(10-12)16-14(18)7-9-22(19,20)15-6-3-8-21-15/h2-6,8,10H,7,9H2,1H3,(H,16,18). The van der Waals surface area contributed by atoms with Crippen molar-refractivity contribution in [3.63, 3.8) is 0 Å². The van der Waals surface area contributed by atoms with Crippen LogP contribution < -0.4 is 5.32 Å². The largest absolute Gasteiger partial charge is 0.326 e. The van der Waals surface area contributed by atoms with Crippen molar-refractivity contribution in [3.05, 3.63) is 47.3 Å². The van der Waals surface area contributed by atoms with Crippen molar-refractivity contribution in [1.29, 1.82) is 0 Å². The third kappa shape index (κ3) is 4.25. The third-order valence-electron chi connectivity index (χ3n) is 2.95. The minimum atomic E-state index is -3.42. The topological polar surface area (TPSA) is 80.3 Å². The van der Waals surface area contributed by atoms with Crippen LogP contribution in [0.25, 0.3) is 0 Å². The van der Waals surface area contributed by atoms with E-state index in [1.165, 1.54) is 13.0 Å². The molecular formula is C15H15NO4S2. The van der Waals surface area contributed by atoms with Gasteiger partial charge in [0, 0.05) is 17.7 Å². The number of hydrogen-bond donors (Lipinski definition) is 1. The number of nitrogens with one attached hydrogen (secondary N) is 1. The van der Waals surface area contributed by atoms with E-state index >= 15 is 0 Å². The molecule has 0 saturated heterocycles. The summed E-state index contributed by atoms with van der Waals surface area (Å²) < 4.78 is 24.2. The minimum absolute atomic E-state index is 0.101. The first kappa shape index (κ1) is 16.4. The second kappa shape index (κ2) is 6.85. The molecule has 1 aromatic heterocycles. The van der Waals surface area contributed by atoms with E-state index in [9.17, 15) is 18.0 Å². The maximum atomic E-state index is 12.0. The van der Waals surface area contributed by atoms with Crippen LogP contribution in [0.1, 0.15) is 23.7 Å². The molecule has 1 aromatic carbocycles. The average molecular weight is 337 g/mol. The van der Waals surface area contributed by atoms with Crippen LogP contribution in [0, 0.1) is 0 Å². The lowest BCUT2D eigenvalue weighted by Crippen LogP contribution is -2.17. The van der Waals surface area contributed by atoms with Gasteiger partial charge < -0.3 is 5.32 Å². The number of amides is 1. The van der Waals surface area contributed by atoms with Crippen LogP contribution in [-0.4, -0.2) is 25.9 Å². The number of sulfone groups is 1. The van der Waals surface area contributed by atoms with Gasteiger partial charge in [0.15, 0.2) is 15.6 Å². The first-order valence-electron chi connectivity index (χ1n) is 6.55. The Hall–Kier alpha value is -1.99. The Bertz CT molecular complexity index is 780. The van der Waals surface area contributed by atoms with E-state index in [1.807, 2.05) is 0 Å². The SMILES string of the molecule is CC(=O)c1cccc(NC(=O)CCS(=O)(=O)c2cccs2)c1. The van der Waals surface area contributed by atoms with Crippen LogP contribution in [-0.2, 0) is 14.6 Å². The Labute approximate surface area is 132 Å². The average Bonchev–Trinajstić information content (AvgIpc) is 3.00. The highest BCUT2D eigenvalue weighted by atomic mass is 32.2. The fourth-order valence-electron chi connectivity index (χ4n) is 1.81. The predicted molar refractivity (Wildman–Crippen MR) is 86.1 cm³/mol. The van der Waals surface area contributed by atoms with E-state index in [1.54, 1.807) is 35.7 Å². The number of rotatable bonds is 6. The summed E-state index contributed by atoms with van der Waals surface area (Å²) in [6.45, 7) is 1.44. The fraction of sp³-hybridized carbons (Fsp3) is 0.200. The summed E-state index contributed by atoms with van der Waals surface area (Å²) in [5.41, 5.74) is 0.968. The molecule has 0 spiro atoms. The van der Waals surface area contributed by atoms with Crippen LogP contribution in [0.5, 0.6) is 0 Å². The van der Waals surface area contributed by atoms with Crippen LogP contribution in [0.3, 0.4) is 0 Å². The van der Waals surface area contributed by atoms with Crippen molar-refractivity contribution in [2.24, 2.45) is 0 Å². The molecule has 1 N–H and O–H groups in total. The molecule has 5 nitrogen and oxygen atoms in total. The zero-order valence-corrected chi connectivity index (χ0v) is 13.5. The molecule has 0 atom stereocenters. The number of Topliss-reactive ketones (excluding diaryl/α,β-unsaturated/α-hetero) is 1. The van der Waals surface area contributed by atoms with E-state index in [0.29, 0.717) is 11.3 Å². The molecule has 0 radical (unpaired) electrons. The van der Waals surface area contributed by atoms with Crippen molar-refractivity contribution in [2.45, 2.75) is 17.6 Å². The highest BCUT2D eigenvalue weighted by Gasteiger charge is 2.17. The monoisotopic (exact) mass is 337 g/mol. The Balaban J connectivity index is 1.96. The number of carbonyl (C=O) groups is 2. The normalized spacial score (nSPS) is 11.1. The lowest BCUT2D eigenvalue weighted by Gasteiger charge is -2.06. The number of carbonyl (C=O) groups excluding carboxylic acids is 2.